The number of imide groups is 1. The van der Waals surface area contributed by atoms with Crippen LogP contribution < -0.4 is 14.8 Å². The Labute approximate surface area is 210 Å². The lowest BCUT2D eigenvalue weighted by molar-refractivity contribution is -0.129. The lowest BCUT2D eigenvalue weighted by atomic mass is 9.82. The van der Waals surface area contributed by atoms with E-state index in [-0.39, 0.29) is 12.3 Å². The van der Waals surface area contributed by atoms with Crippen LogP contribution in [0, 0.1) is 13.8 Å². The molecule has 36 heavy (non-hydrogen) atoms. The second kappa shape index (κ2) is 9.89. The second-order valence-corrected chi connectivity index (χ2v) is 8.89. The molecule has 0 spiro atoms. The van der Waals surface area contributed by atoms with E-state index in [1.807, 2.05) is 19.9 Å². The quantitative estimate of drug-likeness (QED) is 0.359. The van der Waals surface area contributed by atoms with Crippen molar-refractivity contribution in [2.45, 2.75) is 39.3 Å². The summed E-state index contributed by atoms with van der Waals surface area (Å²) < 4.78 is 12.6. The molecule has 1 aromatic heterocycles. The third-order valence-corrected chi connectivity index (χ3v) is 6.77. The van der Waals surface area contributed by atoms with Gasteiger partial charge in [-0.25, -0.2) is 4.79 Å². The SMILES string of the molecule is CCCn1c(C)cc(C(=O)CN2C(=O)NC(c3ccc(OC)cc3)(c3ccc(OC)cc3)C2=O)c1C. The van der Waals surface area contributed by atoms with Crippen LogP contribution in [0.15, 0.2) is 54.6 Å². The Morgan fingerprint density at radius 3 is 1.92 bits per heavy atom. The summed E-state index contributed by atoms with van der Waals surface area (Å²) in [6, 6.07) is 15.1. The van der Waals surface area contributed by atoms with E-state index in [0.29, 0.717) is 28.2 Å². The van der Waals surface area contributed by atoms with Crippen LogP contribution in [0.25, 0.3) is 0 Å². The zero-order valence-electron chi connectivity index (χ0n) is 21.3. The number of rotatable bonds is 9. The second-order valence-electron chi connectivity index (χ2n) is 8.89. The van der Waals surface area contributed by atoms with Crippen molar-refractivity contribution in [3.63, 3.8) is 0 Å². The van der Waals surface area contributed by atoms with Crippen molar-refractivity contribution in [2.24, 2.45) is 0 Å². The highest BCUT2D eigenvalue weighted by atomic mass is 16.5. The van der Waals surface area contributed by atoms with E-state index in [2.05, 4.69) is 16.8 Å². The maximum absolute atomic E-state index is 14.0. The van der Waals surface area contributed by atoms with Crippen LogP contribution in [0.4, 0.5) is 4.79 Å². The van der Waals surface area contributed by atoms with Gasteiger partial charge in [0.15, 0.2) is 11.3 Å². The molecule has 0 aliphatic carbocycles. The molecule has 188 valence electrons. The summed E-state index contributed by atoms with van der Waals surface area (Å²) in [5.41, 5.74) is 1.96. The zero-order valence-corrected chi connectivity index (χ0v) is 21.3. The molecule has 1 aliphatic rings. The number of hydrogen-bond acceptors (Lipinski definition) is 5. The molecule has 1 saturated heterocycles. The number of Topliss-reactive ketones (excluding diaryl/α,β-unsaturated/α-hetero) is 1. The van der Waals surface area contributed by atoms with Crippen molar-refractivity contribution in [3.8, 4) is 11.5 Å². The minimum Gasteiger partial charge on any atom is -0.497 e. The molecule has 0 atom stereocenters. The summed E-state index contributed by atoms with van der Waals surface area (Å²) in [6.07, 6.45) is 0.934. The molecule has 0 bridgehead atoms. The highest BCUT2D eigenvalue weighted by Gasteiger charge is 2.54. The summed E-state index contributed by atoms with van der Waals surface area (Å²) in [4.78, 5) is 41.5. The lowest BCUT2D eigenvalue weighted by Gasteiger charge is -2.28. The van der Waals surface area contributed by atoms with Crippen molar-refractivity contribution in [2.75, 3.05) is 20.8 Å². The number of nitrogens with one attached hydrogen (secondary N) is 1. The third kappa shape index (κ3) is 4.12. The highest BCUT2D eigenvalue weighted by Crippen LogP contribution is 2.37. The average Bonchev–Trinajstić information content (AvgIpc) is 3.32. The van der Waals surface area contributed by atoms with Gasteiger partial charge < -0.3 is 19.4 Å². The molecule has 3 amide bonds. The first-order valence-corrected chi connectivity index (χ1v) is 11.9. The molecule has 1 aliphatic heterocycles. The van der Waals surface area contributed by atoms with Gasteiger partial charge >= 0.3 is 6.03 Å². The van der Waals surface area contributed by atoms with E-state index in [0.717, 1.165) is 29.3 Å². The molecule has 1 fully saturated rings. The molecular weight excluding hydrogens is 458 g/mol. The average molecular weight is 490 g/mol. The number of aromatic nitrogens is 1. The summed E-state index contributed by atoms with van der Waals surface area (Å²) in [5.74, 6) is 0.442. The maximum atomic E-state index is 14.0. The van der Waals surface area contributed by atoms with Crippen molar-refractivity contribution in [3.05, 3.63) is 82.7 Å². The monoisotopic (exact) mass is 489 g/mol. The van der Waals surface area contributed by atoms with Crippen LogP contribution in [0.3, 0.4) is 0 Å². The van der Waals surface area contributed by atoms with E-state index in [1.165, 1.54) is 0 Å². The summed E-state index contributed by atoms with van der Waals surface area (Å²) in [6.45, 7) is 6.36. The minimum absolute atomic E-state index is 0.283. The topological polar surface area (TPSA) is 89.9 Å². The number of ketones is 1. The summed E-state index contributed by atoms with van der Waals surface area (Å²) >= 11 is 0. The van der Waals surface area contributed by atoms with Crippen LogP contribution in [-0.4, -0.2) is 48.0 Å². The highest BCUT2D eigenvalue weighted by molar-refractivity contribution is 6.13. The van der Waals surface area contributed by atoms with Gasteiger partial charge in [-0.15, -0.1) is 0 Å². The Morgan fingerprint density at radius 1 is 0.917 bits per heavy atom. The molecule has 1 N–H and O–H groups in total. The molecule has 8 nitrogen and oxygen atoms in total. The Kier molecular flexibility index (Phi) is 6.88. The number of methoxy groups -OCH3 is 2. The van der Waals surface area contributed by atoms with Crippen LogP contribution >= 0.6 is 0 Å². The lowest BCUT2D eigenvalue weighted by Crippen LogP contribution is -2.45. The number of nitrogens with zero attached hydrogens (tertiary/aromatic N) is 2. The van der Waals surface area contributed by atoms with Gasteiger partial charge in [0.25, 0.3) is 5.91 Å². The Bertz CT molecular complexity index is 1240. The number of aryl methyl sites for hydroxylation is 1. The number of carbonyl (C=O) groups is 3. The third-order valence-electron chi connectivity index (χ3n) is 6.77. The maximum Gasteiger partial charge on any atom is 0.325 e. The van der Waals surface area contributed by atoms with Crippen molar-refractivity contribution in [1.82, 2.24) is 14.8 Å². The minimum atomic E-state index is -1.49. The number of benzene rings is 2. The largest absolute Gasteiger partial charge is 0.497 e. The van der Waals surface area contributed by atoms with Gasteiger partial charge in [-0.05, 0) is 61.7 Å². The van der Waals surface area contributed by atoms with Crippen LogP contribution in [0.2, 0.25) is 0 Å². The molecule has 3 aromatic rings. The predicted molar refractivity (Wildman–Crippen MR) is 136 cm³/mol. The fraction of sp³-hybridized carbons (Fsp3) is 0.321. The van der Waals surface area contributed by atoms with Crippen molar-refractivity contribution in [1.29, 1.82) is 0 Å². The van der Waals surface area contributed by atoms with Crippen LogP contribution in [0.1, 0.15) is 46.2 Å². The standard InChI is InChI=1S/C28H31N3O5/c1-6-15-30-18(2)16-24(19(30)3)25(32)17-31-26(33)28(29-27(31)34,20-7-11-22(35-4)12-8-20)21-9-13-23(36-5)14-10-21/h7-14,16H,6,15,17H2,1-5H3,(H,29,34). The molecule has 0 unspecified atom stereocenters. The van der Waals surface area contributed by atoms with E-state index >= 15 is 0 Å². The molecular formula is C28H31N3O5. The summed E-state index contributed by atoms with van der Waals surface area (Å²) in [7, 11) is 3.11. The van der Waals surface area contributed by atoms with Gasteiger partial charge in [0, 0.05) is 23.5 Å². The Balaban J connectivity index is 1.73. The molecule has 2 heterocycles. The number of amides is 3. The Morgan fingerprint density at radius 2 is 1.44 bits per heavy atom. The number of hydrogen-bond donors (Lipinski definition) is 1. The zero-order chi connectivity index (χ0) is 26.0. The van der Waals surface area contributed by atoms with E-state index in [4.69, 9.17) is 9.47 Å². The van der Waals surface area contributed by atoms with Crippen molar-refractivity contribution < 1.29 is 23.9 Å². The first-order chi connectivity index (χ1) is 17.3. The van der Waals surface area contributed by atoms with Crippen molar-refractivity contribution >= 4 is 17.7 Å². The molecule has 2 aromatic carbocycles. The van der Waals surface area contributed by atoms with E-state index in [9.17, 15) is 14.4 Å². The number of carbonyl (C=O) groups excluding carboxylic acids is 3. The molecule has 0 radical (unpaired) electrons. The Hall–Kier alpha value is -4.07. The van der Waals surface area contributed by atoms with Crippen LogP contribution in [-0.2, 0) is 16.9 Å². The van der Waals surface area contributed by atoms with Gasteiger partial charge in [-0.1, -0.05) is 31.2 Å². The van der Waals surface area contributed by atoms with Gasteiger partial charge in [-0.2, -0.15) is 0 Å². The first kappa shape index (κ1) is 25.0. The van der Waals surface area contributed by atoms with Gasteiger partial charge in [0.05, 0.1) is 20.8 Å². The molecule has 0 saturated carbocycles. The van der Waals surface area contributed by atoms with E-state index < -0.39 is 17.5 Å². The fourth-order valence-electron chi connectivity index (χ4n) is 4.84. The molecule has 4 rings (SSSR count). The normalized spacial score (nSPS) is 14.6. The first-order valence-electron chi connectivity index (χ1n) is 11.9. The van der Waals surface area contributed by atoms with Gasteiger partial charge in [0.2, 0.25) is 0 Å². The van der Waals surface area contributed by atoms with Crippen LogP contribution in [0.5, 0.6) is 11.5 Å². The van der Waals surface area contributed by atoms with Gasteiger partial charge in [0.1, 0.15) is 11.5 Å². The number of urea groups is 1. The number of ether oxygens (including phenoxy) is 2. The fourth-order valence-corrected chi connectivity index (χ4v) is 4.84. The van der Waals surface area contributed by atoms with E-state index in [1.54, 1.807) is 62.8 Å². The summed E-state index contributed by atoms with van der Waals surface area (Å²) in [5, 5.41) is 2.88. The smallest absolute Gasteiger partial charge is 0.325 e. The van der Waals surface area contributed by atoms with Gasteiger partial charge in [-0.3, -0.25) is 14.5 Å². The molecule has 8 heteroatoms. The predicted octanol–water partition coefficient (Wildman–Crippen LogP) is 4.21.